The topological polar surface area (TPSA) is 57.5 Å². The Morgan fingerprint density at radius 2 is 1.79 bits per heavy atom. The Kier molecular flexibility index (Phi) is 5.33. The van der Waals surface area contributed by atoms with E-state index in [9.17, 15) is 15.0 Å². The van der Waals surface area contributed by atoms with Gasteiger partial charge < -0.3 is 10.2 Å². The fourth-order valence-corrected chi connectivity index (χ4v) is 4.71. The Morgan fingerprint density at radius 3 is 2.37 bits per heavy atom. The Balaban J connectivity index is 2.17. The van der Waals surface area contributed by atoms with E-state index in [1.807, 2.05) is 12.1 Å². The van der Waals surface area contributed by atoms with Gasteiger partial charge in [-0.1, -0.05) is 12.8 Å². The standard InChI is InChI=1S/C14H16I2O3/c15-11-6-8(7-12(16)13(11)17)5-9-3-1-2-4-10(9)14(18)19/h6-7,9-10,17H,1-5H2,(H,18,19). The second-order valence-electron chi connectivity index (χ2n) is 5.10. The Hall–Kier alpha value is -0.0500. The SMILES string of the molecule is O=C(O)C1CCCCC1Cc1cc(I)c(O)c(I)c1. The second kappa shape index (κ2) is 6.60. The molecule has 1 aromatic rings. The van der Waals surface area contributed by atoms with Crippen molar-refractivity contribution in [3.63, 3.8) is 0 Å². The first-order chi connectivity index (χ1) is 8.99. The molecule has 0 bridgehead atoms. The quantitative estimate of drug-likeness (QED) is 0.635. The van der Waals surface area contributed by atoms with Gasteiger partial charge in [0.2, 0.25) is 0 Å². The molecule has 0 saturated heterocycles. The molecule has 0 amide bonds. The van der Waals surface area contributed by atoms with E-state index in [0.29, 0.717) is 5.75 Å². The summed E-state index contributed by atoms with van der Waals surface area (Å²) in [6, 6.07) is 3.93. The van der Waals surface area contributed by atoms with Crippen molar-refractivity contribution < 1.29 is 15.0 Å². The highest BCUT2D eigenvalue weighted by Crippen LogP contribution is 2.35. The van der Waals surface area contributed by atoms with Crippen LogP contribution < -0.4 is 0 Å². The molecule has 2 atom stereocenters. The zero-order chi connectivity index (χ0) is 14.0. The number of hydrogen-bond donors (Lipinski definition) is 2. The molecule has 1 aliphatic carbocycles. The lowest BCUT2D eigenvalue weighted by atomic mass is 9.76. The molecule has 2 N–H and O–H groups in total. The van der Waals surface area contributed by atoms with Gasteiger partial charge in [0, 0.05) is 0 Å². The van der Waals surface area contributed by atoms with Crippen LogP contribution in [0.15, 0.2) is 12.1 Å². The number of phenols is 1. The molecule has 1 saturated carbocycles. The van der Waals surface area contributed by atoms with Gasteiger partial charge in [-0.2, -0.15) is 0 Å². The maximum Gasteiger partial charge on any atom is 0.306 e. The van der Waals surface area contributed by atoms with Crippen LogP contribution in [0.3, 0.4) is 0 Å². The smallest absolute Gasteiger partial charge is 0.306 e. The highest BCUT2D eigenvalue weighted by Gasteiger charge is 2.30. The number of rotatable bonds is 3. The van der Waals surface area contributed by atoms with Crippen LogP contribution in [0.4, 0.5) is 0 Å². The lowest BCUT2D eigenvalue weighted by Gasteiger charge is -2.28. The van der Waals surface area contributed by atoms with Gasteiger partial charge in [-0.25, -0.2) is 0 Å². The van der Waals surface area contributed by atoms with Crippen LogP contribution in [0.25, 0.3) is 0 Å². The molecule has 19 heavy (non-hydrogen) atoms. The van der Waals surface area contributed by atoms with Gasteiger partial charge in [0.05, 0.1) is 13.1 Å². The average Bonchev–Trinajstić information content (AvgIpc) is 2.36. The van der Waals surface area contributed by atoms with E-state index in [1.54, 1.807) is 0 Å². The summed E-state index contributed by atoms with van der Waals surface area (Å²) in [5.41, 5.74) is 1.13. The van der Waals surface area contributed by atoms with Gasteiger partial charge in [0.15, 0.2) is 0 Å². The van der Waals surface area contributed by atoms with Crippen LogP contribution in [0.1, 0.15) is 31.2 Å². The van der Waals surface area contributed by atoms with Crippen molar-refractivity contribution in [2.24, 2.45) is 11.8 Å². The molecule has 0 heterocycles. The third-order valence-electron chi connectivity index (χ3n) is 3.80. The first kappa shape index (κ1) is 15.3. The summed E-state index contributed by atoms with van der Waals surface area (Å²) in [6.07, 6.45) is 4.74. The van der Waals surface area contributed by atoms with E-state index in [2.05, 4.69) is 45.2 Å². The van der Waals surface area contributed by atoms with Crippen LogP contribution in [0.2, 0.25) is 0 Å². The molecule has 3 nitrogen and oxygen atoms in total. The van der Waals surface area contributed by atoms with Crippen molar-refractivity contribution in [3.05, 3.63) is 24.8 Å². The molecule has 2 unspecified atom stereocenters. The number of carboxylic acids is 1. The largest absolute Gasteiger partial charge is 0.506 e. The first-order valence-corrected chi connectivity index (χ1v) is 8.54. The molecule has 0 radical (unpaired) electrons. The van der Waals surface area contributed by atoms with E-state index in [4.69, 9.17) is 0 Å². The number of carboxylic acid groups (broad SMARTS) is 1. The third-order valence-corrected chi connectivity index (χ3v) is 5.45. The molecule has 2 rings (SSSR count). The fourth-order valence-electron chi connectivity index (χ4n) is 2.82. The summed E-state index contributed by atoms with van der Waals surface area (Å²) >= 11 is 4.23. The molecule has 1 aliphatic rings. The summed E-state index contributed by atoms with van der Waals surface area (Å²) < 4.78 is 1.67. The Morgan fingerprint density at radius 1 is 1.21 bits per heavy atom. The molecule has 1 fully saturated rings. The van der Waals surface area contributed by atoms with Crippen molar-refractivity contribution in [2.75, 3.05) is 0 Å². The molecular formula is C14H16I2O3. The summed E-state index contributed by atoms with van der Waals surface area (Å²) in [6.45, 7) is 0. The number of hydrogen-bond acceptors (Lipinski definition) is 2. The first-order valence-electron chi connectivity index (χ1n) is 6.38. The zero-order valence-electron chi connectivity index (χ0n) is 10.4. The molecule has 0 aromatic heterocycles. The molecule has 0 spiro atoms. The second-order valence-corrected chi connectivity index (χ2v) is 7.43. The zero-order valence-corrected chi connectivity index (χ0v) is 14.7. The Bertz CT molecular complexity index is 465. The molecule has 5 heteroatoms. The van der Waals surface area contributed by atoms with Crippen LogP contribution in [-0.2, 0) is 11.2 Å². The number of benzene rings is 1. The number of halogens is 2. The summed E-state index contributed by atoms with van der Waals surface area (Å²) in [4.78, 5) is 11.3. The lowest BCUT2D eigenvalue weighted by Crippen LogP contribution is -2.28. The van der Waals surface area contributed by atoms with E-state index in [1.165, 1.54) is 0 Å². The van der Waals surface area contributed by atoms with Crippen LogP contribution in [-0.4, -0.2) is 16.2 Å². The van der Waals surface area contributed by atoms with Crippen molar-refractivity contribution in [3.8, 4) is 5.75 Å². The fraction of sp³-hybridized carbons (Fsp3) is 0.500. The summed E-state index contributed by atoms with van der Waals surface area (Å²) in [5, 5.41) is 19.1. The van der Waals surface area contributed by atoms with Crippen LogP contribution >= 0.6 is 45.2 Å². The van der Waals surface area contributed by atoms with E-state index in [0.717, 1.165) is 44.8 Å². The molecule has 104 valence electrons. The minimum atomic E-state index is -0.659. The number of phenolic OH excluding ortho intramolecular Hbond substituents is 1. The van der Waals surface area contributed by atoms with Crippen molar-refractivity contribution in [2.45, 2.75) is 32.1 Å². The highest BCUT2D eigenvalue weighted by molar-refractivity contribution is 14.1. The normalized spacial score (nSPS) is 23.3. The predicted octanol–water partition coefficient (Wildman–Crippen LogP) is 4.03. The number of aliphatic carboxylic acids is 1. The monoisotopic (exact) mass is 486 g/mol. The molecule has 1 aromatic carbocycles. The van der Waals surface area contributed by atoms with Gasteiger partial charge >= 0.3 is 5.97 Å². The van der Waals surface area contributed by atoms with Crippen molar-refractivity contribution in [1.82, 2.24) is 0 Å². The summed E-state index contributed by atoms with van der Waals surface area (Å²) in [5.74, 6) is -0.323. The van der Waals surface area contributed by atoms with E-state index < -0.39 is 5.97 Å². The minimum absolute atomic E-state index is 0.210. The number of carbonyl (C=O) groups is 1. The maximum absolute atomic E-state index is 11.3. The van der Waals surface area contributed by atoms with Crippen LogP contribution in [0, 0.1) is 19.0 Å². The predicted molar refractivity (Wildman–Crippen MR) is 90.3 cm³/mol. The van der Waals surface area contributed by atoms with Gasteiger partial charge in [-0.3, -0.25) is 4.79 Å². The van der Waals surface area contributed by atoms with Crippen molar-refractivity contribution in [1.29, 1.82) is 0 Å². The van der Waals surface area contributed by atoms with E-state index >= 15 is 0 Å². The Labute approximate surface area is 140 Å². The van der Waals surface area contributed by atoms with Gasteiger partial charge in [-0.05, 0) is 88.1 Å². The summed E-state index contributed by atoms with van der Waals surface area (Å²) in [7, 11) is 0. The lowest BCUT2D eigenvalue weighted by molar-refractivity contribution is -0.144. The van der Waals surface area contributed by atoms with Crippen molar-refractivity contribution >= 4 is 51.2 Å². The van der Waals surface area contributed by atoms with E-state index in [-0.39, 0.29) is 11.8 Å². The molecular weight excluding hydrogens is 470 g/mol. The van der Waals surface area contributed by atoms with Gasteiger partial charge in [0.25, 0.3) is 0 Å². The highest BCUT2D eigenvalue weighted by atomic mass is 127. The molecule has 0 aliphatic heterocycles. The van der Waals surface area contributed by atoms with Gasteiger partial charge in [-0.15, -0.1) is 0 Å². The average molecular weight is 486 g/mol. The minimum Gasteiger partial charge on any atom is -0.506 e. The maximum atomic E-state index is 11.3. The third kappa shape index (κ3) is 3.74. The number of aromatic hydroxyl groups is 1. The van der Waals surface area contributed by atoms with Crippen LogP contribution in [0.5, 0.6) is 5.75 Å². The van der Waals surface area contributed by atoms with Gasteiger partial charge in [0.1, 0.15) is 5.75 Å².